The fourth-order valence-corrected chi connectivity index (χ4v) is 2.29. The molecule has 8 nitrogen and oxygen atoms in total. The van der Waals surface area contributed by atoms with Crippen LogP contribution in [0.3, 0.4) is 0 Å². The van der Waals surface area contributed by atoms with Crippen molar-refractivity contribution >= 4 is 23.6 Å². The van der Waals surface area contributed by atoms with Gasteiger partial charge in [-0.05, 0) is 25.1 Å². The van der Waals surface area contributed by atoms with E-state index in [2.05, 4.69) is 15.5 Å². The molecule has 0 saturated heterocycles. The van der Waals surface area contributed by atoms with Gasteiger partial charge < -0.3 is 19.2 Å². The minimum atomic E-state index is -0.478. The van der Waals surface area contributed by atoms with E-state index in [0.717, 1.165) is 17.3 Å². The zero-order valence-corrected chi connectivity index (χ0v) is 14.1. The summed E-state index contributed by atoms with van der Waals surface area (Å²) in [6, 6.07) is 7.21. The number of methoxy groups -OCH3 is 1. The fourth-order valence-electron chi connectivity index (χ4n) is 1.70. The maximum atomic E-state index is 11.6. The van der Waals surface area contributed by atoms with Gasteiger partial charge in [0.25, 0.3) is 5.22 Å². The van der Waals surface area contributed by atoms with E-state index in [4.69, 9.17) is 13.9 Å². The van der Waals surface area contributed by atoms with E-state index >= 15 is 0 Å². The van der Waals surface area contributed by atoms with E-state index in [1.54, 1.807) is 20.1 Å². The third-order valence-electron chi connectivity index (χ3n) is 2.79. The predicted molar refractivity (Wildman–Crippen MR) is 86.7 cm³/mol. The molecule has 0 fully saturated rings. The highest BCUT2D eigenvalue weighted by Gasteiger charge is 2.12. The molecule has 0 aliphatic rings. The number of benzene rings is 1. The van der Waals surface area contributed by atoms with E-state index in [1.807, 2.05) is 18.2 Å². The molecule has 9 heteroatoms. The van der Waals surface area contributed by atoms with Crippen LogP contribution in [-0.4, -0.2) is 48.1 Å². The molecular formula is C15H17N3O5S. The van der Waals surface area contributed by atoms with Crippen molar-refractivity contribution in [1.82, 2.24) is 15.5 Å². The molecule has 2 aromatic rings. The third-order valence-corrected chi connectivity index (χ3v) is 3.60. The number of hydrogen-bond acceptors (Lipinski definition) is 8. The van der Waals surface area contributed by atoms with E-state index < -0.39 is 5.97 Å². The molecule has 0 aliphatic heterocycles. The molecule has 128 valence electrons. The highest BCUT2D eigenvalue weighted by molar-refractivity contribution is 7.99. The van der Waals surface area contributed by atoms with Gasteiger partial charge in [-0.1, -0.05) is 17.8 Å². The summed E-state index contributed by atoms with van der Waals surface area (Å²) in [5, 5.41) is 10.5. The summed E-state index contributed by atoms with van der Waals surface area (Å²) < 4.78 is 15.4. The van der Waals surface area contributed by atoms with Crippen LogP contribution in [0.4, 0.5) is 0 Å². The van der Waals surface area contributed by atoms with Crippen LogP contribution in [-0.2, 0) is 14.3 Å². The van der Waals surface area contributed by atoms with Crippen molar-refractivity contribution in [2.24, 2.45) is 0 Å². The Balaban J connectivity index is 1.85. The predicted octanol–water partition coefficient (Wildman–Crippen LogP) is 1.52. The van der Waals surface area contributed by atoms with Crippen molar-refractivity contribution in [1.29, 1.82) is 0 Å². The lowest BCUT2D eigenvalue weighted by atomic mass is 10.2. The van der Waals surface area contributed by atoms with E-state index in [-0.39, 0.29) is 30.0 Å². The molecule has 1 N–H and O–H groups in total. The summed E-state index contributed by atoms with van der Waals surface area (Å²) in [6.07, 6.45) is 0. The van der Waals surface area contributed by atoms with Gasteiger partial charge in [-0.2, -0.15) is 0 Å². The minimum Gasteiger partial charge on any atom is -0.497 e. The number of nitrogens with one attached hydrogen (secondary N) is 1. The van der Waals surface area contributed by atoms with Crippen molar-refractivity contribution in [3.8, 4) is 17.2 Å². The molecule has 0 saturated carbocycles. The molecule has 1 aromatic heterocycles. The number of amides is 1. The summed E-state index contributed by atoms with van der Waals surface area (Å²) in [5.74, 6) is 0.267. The van der Waals surface area contributed by atoms with Gasteiger partial charge in [-0.3, -0.25) is 9.59 Å². The zero-order chi connectivity index (χ0) is 17.4. The molecule has 0 spiro atoms. The molecule has 24 heavy (non-hydrogen) atoms. The second kappa shape index (κ2) is 8.92. The second-order valence-electron chi connectivity index (χ2n) is 4.48. The topological polar surface area (TPSA) is 104 Å². The SMILES string of the molecule is CCOC(=O)CNC(=O)CSc1nnc(-c2cccc(OC)c2)o1. The molecule has 1 heterocycles. The number of carbonyl (C=O) groups excluding carboxylic acids is 2. The van der Waals surface area contributed by atoms with Gasteiger partial charge in [0.2, 0.25) is 11.8 Å². The number of thioether (sulfide) groups is 1. The van der Waals surface area contributed by atoms with Gasteiger partial charge in [-0.15, -0.1) is 10.2 Å². The van der Waals surface area contributed by atoms with Crippen LogP contribution in [0.1, 0.15) is 6.92 Å². The largest absolute Gasteiger partial charge is 0.497 e. The zero-order valence-electron chi connectivity index (χ0n) is 13.3. The van der Waals surface area contributed by atoms with Gasteiger partial charge in [-0.25, -0.2) is 0 Å². The summed E-state index contributed by atoms with van der Waals surface area (Å²) in [5.41, 5.74) is 0.723. The molecule has 1 aromatic carbocycles. The molecule has 0 bridgehead atoms. The van der Waals surface area contributed by atoms with Gasteiger partial charge in [0.15, 0.2) is 0 Å². The maximum absolute atomic E-state index is 11.6. The molecule has 1 amide bonds. The van der Waals surface area contributed by atoms with Gasteiger partial charge >= 0.3 is 5.97 Å². The highest BCUT2D eigenvalue weighted by Crippen LogP contribution is 2.25. The Kier molecular flexibility index (Phi) is 6.62. The molecule has 0 radical (unpaired) electrons. The van der Waals surface area contributed by atoms with E-state index in [9.17, 15) is 9.59 Å². The Hall–Kier alpha value is -2.55. The van der Waals surface area contributed by atoms with Crippen LogP contribution in [0.15, 0.2) is 33.9 Å². The van der Waals surface area contributed by atoms with Crippen LogP contribution in [0, 0.1) is 0 Å². The van der Waals surface area contributed by atoms with Crippen LogP contribution in [0.5, 0.6) is 5.75 Å². The first-order valence-electron chi connectivity index (χ1n) is 7.15. The summed E-state index contributed by atoms with van der Waals surface area (Å²) in [6.45, 7) is 1.82. The number of carbonyl (C=O) groups is 2. The number of nitrogens with zero attached hydrogens (tertiary/aromatic N) is 2. The normalized spacial score (nSPS) is 10.2. The van der Waals surface area contributed by atoms with Crippen LogP contribution in [0.25, 0.3) is 11.5 Å². The Labute approximate surface area is 142 Å². The van der Waals surface area contributed by atoms with Crippen LogP contribution >= 0.6 is 11.8 Å². The number of esters is 1. The van der Waals surface area contributed by atoms with Crippen molar-refractivity contribution < 1.29 is 23.5 Å². The lowest BCUT2D eigenvalue weighted by Crippen LogP contribution is -2.31. The second-order valence-corrected chi connectivity index (χ2v) is 5.40. The summed E-state index contributed by atoms with van der Waals surface area (Å²) in [4.78, 5) is 22.8. The van der Waals surface area contributed by atoms with E-state index in [1.165, 1.54) is 0 Å². The monoisotopic (exact) mass is 351 g/mol. The third kappa shape index (κ3) is 5.27. The average Bonchev–Trinajstić information content (AvgIpc) is 3.07. The molecule has 0 unspecified atom stereocenters. The first-order chi connectivity index (χ1) is 11.6. The van der Waals surface area contributed by atoms with Crippen molar-refractivity contribution in [2.45, 2.75) is 12.1 Å². The summed E-state index contributed by atoms with van der Waals surface area (Å²) >= 11 is 1.08. The number of aromatic nitrogens is 2. The highest BCUT2D eigenvalue weighted by atomic mass is 32.2. The van der Waals surface area contributed by atoms with Crippen LogP contribution < -0.4 is 10.1 Å². The Bertz CT molecular complexity index is 704. The molecule has 0 aliphatic carbocycles. The molecule has 2 rings (SSSR count). The molecule has 0 atom stereocenters. The Morgan fingerprint density at radius 2 is 2.17 bits per heavy atom. The van der Waals surface area contributed by atoms with Crippen molar-refractivity contribution in [3.05, 3.63) is 24.3 Å². The van der Waals surface area contributed by atoms with Crippen molar-refractivity contribution in [3.63, 3.8) is 0 Å². The van der Waals surface area contributed by atoms with Gasteiger partial charge in [0, 0.05) is 5.56 Å². The maximum Gasteiger partial charge on any atom is 0.325 e. The average molecular weight is 351 g/mol. The van der Waals surface area contributed by atoms with Gasteiger partial charge in [0.05, 0.1) is 19.5 Å². The van der Waals surface area contributed by atoms with Gasteiger partial charge in [0.1, 0.15) is 12.3 Å². The summed E-state index contributed by atoms with van der Waals surface area (Å²) in [7, 11) is 1.57. The lowest BCUT2D eigenvalue weighted by Gasteiger charge is -2.03. The van der Waals surface area contributed by atoms with Crippen LogP contribution in [0.2, 0.25) is 0 Å². The Morgan fingerprint density at radius 1 is 1.33 bits per heavy atom. The standard InChI is InChI=1S/C15H17N3O5S/c1-3-22-13(20)8-16-12(19)9-24-15-18-17-14(23-15)10-5-4-6-11(7-10)21-2/h4-7H,3,8-9H2,1-2H3,(H,16,19). The number of ether oxygens (including phenoxy) is 2. The van der Waals surface area contributed by atoms with E-state index in [0.29, 0.717) is 11.6 Å². The van der Waals surface area contributed by atoms with Crippen molar-refractivity contribution in [2.75, 3.05) is 26.0 Å². The fraction of sp³-hybridized carbons (Fsp3) is 0.333. The first kappa shape index (κ1) is 17.8. The Morgan fingerprint density at radius 3 is 2.92 bits per heavy atom. The quantitative estimate of drug-likeness (QED) is 0.564. The molecular weight excluding hydrogens is 334 g/mol. The lowest BCUT2D eigenvalue weighted by molar-refractivity contribution is -0.143. The number of rotatable bonds is 8. The smallest absolute Gasteiger partial charge is 0.325 e. The minimum absolute atomic E-state index is 0.0547. The first-order valence-corrected chi connectivity index (χ1v) is 8.14. The number of hydrogen-bond donors (Lipinski definition) is 1.